The van der Waals surface area contributed by atoms with Crippen LogP contribution in [-0.4, -0.2) is 63.9 Å². The van der Waals surface area contributed by atoms with E-state index in [1.165, 1.54) is 12.5 Å². The van der Waals surface area contributed by atoms with Crippen LogP contribution in [0.15, 0.2) is 29.3 Å². The van der Waals surface area contributed by atoms with Gasteiger partial charge in [0.25, 0.3) is 0 Å². The first-order chi connectivity index (χ1) is 15.5. The molecule has 0 fully saturated rings. The van der Waals surface area contributed by atoms with Crippen LogP contribution in [-0.2, 0) is 27.2 Å². The van der Waals surface area contributed by atoms with E-state index >= 15 is 0 Å². The van der Waals surface area contributed by atoms with E-state index < -0.39 is 36.0 Å². The Labute approximate surface area is 194 Å². The Balaban J connectivity index is 0.000000728. The van der Waals surface area contributed by atoms with Crippen LogP contribution in [0.5, 0.6) is 0 Å². The number of aliphatic imine (C=N–C) groups is 1. The first-order valence-electron chi connectivity index (χ1n) is 10.8. The maximum absolute atomic E-state index is 11.2. The molecule has 1 unspecified atom stereocenters. The molecule has 0 saturated carbocycles. The molecule has 0 aliphatic rings. The number of hydrogen-bond acceptors (Lipinski definition) is 6. The lowest BCUT2D eigenvalue weighted by Crippen LogP contribution is -2.45. The average molecular weight is 468 g/mol. The standard InChI is InChI=1S/C16H23NO4.C6H14N4O2/c1-3-4-12-5-7-13(8-6-12)9-10-14(16(20)21)17-11(2)15(18)19;7-4(5(11)12)2-1-3-10-6(8)9/h5-8,11,14,17H,3-4,9-10H2,1-2H3,(H,18,19)(H,20,21);4H,1-3,7H2,(H,11,12)(H4,8,9,10)/t11-,14+;/m1./s1. The van der Waals surface area contributed by atoms with Crippen molar-refractivity contribution >= 4 is 23.9 Å². The fourth-order valence-electron chi connectivity index (χ4n) is 2.77. The molecule has 0 amide bonds. The van der Waals surface area contributed by atoms with Gasteiger partial charge in [-0.05, 0) is 50.2 Å². The van der Waals surface area contributed by atoms with Crippen molar-refractivity contribution in [2.45, 2.75) is 70.5 Å². The number of nitrogens with zero attached hydrogens (tertiary/aromatic N) is 1. The zero-order chi connectivity index (χ0) is 25.4. The molecule has 11 nitrogen and oxygen atoms in total. The SMILES string of the molecule is CCCc1ccc(CC[C@H](N[C@H](C)C(=O)O)C(=O)O)cc1.NC(N)=NCCCC(N)C(=O)O. The van der Waals surface area contributed by atoms with E-state index in [2.05, 4.69) is 29.4 Å². The van der Waals surface area contributed by atoms with Crippen molar-refractivity contribution in [3.8, 4) is 0 Å². The normalized spacial score (nSPS) is 13.1. The lowest BCUT2D eigenvalue weighted by molar-refractivity contribution is -0.142. The number of carboxylic acids is 3. The van der Waals surface area contributed by atoms with Gasteiger partial charge in [0.2, 0.25) is 0 Å². The second-order valence-corrected chi connectivity index (χ2v) is 7.62. The van der Waals surface area contributed by atoms with Crippen molar-refractivity contribution in [2.24, 2.45) is 22.2 Å². The number of rotatable bonds is 14. The number of carbonyl (C=O) groups is 3. The van der Waals surface area contributed by atoms with Crippen molar-refractivity contribution in [2.75, 3.05) is 6.54 Å². The summed E-state index contributed by atoms with van der Waals surface area (Å²) in [6.45, 7) is 3.99. The van der Waals surface area contributed by atoms with Gasteiger partial charge in [-0.1, -0.05) is 37.6 Å². The lowest BCUT2D eigenvalue weighted by atomic mass is 10.0. The molecule has 0 aliphatic heterocycles. The van der Waals surface area contributed by atoms with Gasteiger partial charge in [-0.25, -0.2) is 0 Å². The molecule has 3 atom stereocenters. The van der Waals surface area contributed by atoms with Crippen molar-refractivity contribution in [3.63, 3.8) is 0 Å². The van der Waals surface area contributed by atoms with Gasteiger partial charge in [-0.2, -0.15) is 0 Å². The predicted octanol–water partition coefficient (Wildman–Crippen LogP) is 0.540. The molecule has 0 saturated heterocycles. The van der Waals surface area contributed by atoms with Crippen LogP contribution < -0.4 is 22.5 Å². The van der Waals surface area contributed by atoms with Crippen LogP contribution in [0.1, 0.15) is 50.7 Å². The molecule has 1 aromatic carbocycles. The highest BCUT2D eigenvalue weighted by Crippen LogP contribution is 2.10. The van der Waals surface area contributed by atoms with Gasteiger partial charge < -0.3 is 32.5 Å². The molecule has 33 heavy (non-hydrogen) atoms. The molecule has 11 heteroatoms. The maximum atomic E-state index is 11.2. The monoisotopic (exact) mass is 467 g/mol. The minimum absolute atomic E-state index is 0.0129. The van der Waals surface area contributed by atoms with Gasteiger partial charge in [0.1, 0.15) is 18.1 Å². The largest absolute Gasteiger partial charge is 0.480 e. The van der Waals surface area contributed by atoms with Gasteiger partial charge in [0.15, 0.2) is 5.96 Å². The summed E-state index contributed by atoms with van der Waals surface area (Å²) in [5, 5.41) is 29.0. The summed E-state index contributed by atoms with van der Waals surface area (Å²) in [7, 11) is 0. The quantitative estimate of drug-likeness (QED) is 0.114. The molecule has 1 rings (SSSR count). The number of nitrogens with one attached hydrogen (secondary N) is 1. The molecular formula is C22H37N5O6. The van der Waals surface area contributed by atoms with Gasteiger partial charge in [0, 0.05) is 6.54 Å². The molecule has 1 aromatic rings. The van der Waals surface area contributed by atoms with Gasteiger partial charge in [0.05, 0.1) is 0 Å². The zero-order valence-electron chi connectivity index (χ0n) is 19.2. The smallest absolute Gasteiger partial charge is 0.320 e. The van der Waals surface area contributed by atoms with E-state index in [-0.39, 0.29) is 5.96 Å². The highest BCUT2D eigenvalue weighted by Gasteiger charge is 2.22. The molecule has 0 aromatic heterocycles. The number of hydrogen-bond donors (Lipinski definition) is 7. The number of aryl methyl sites for hydroxylation is 2. The predicted molar refractivity (Wildman–Crippen MR) is 126 cm³/mol. The number of carboxylic acid groups (broad SMARTS) is 3. The molecular weight excluding hydrogens is 430 g/mol. The Kier molecular flexibility index (Phi) is 14.9. The maximum Gasteiger partial charge on any atom is 0.320 e. The summed E-state index contributed by atoms with van der Waals surface area (Å²) in [5.41, 5.74) is 17.7. The minimum atomic E-state index is -1.05. The fourth-order valence-corrected chi connectivity index (χ4v) is 2.77. The Morgan fingerprint density at radius 2 is 1.48 bits per heavy atom. The summed E-state index contributed by atoms with van der Waals surface area (Å²) in [6.07, 6.45) is 4.05. The fraction of sp³-hybridized carbons (Fsp3) is 0.545. The molecule has 0 aliphatic carbocycles. The van der Waals surface area contributed by atoms with Crippen LogP contribution in [0.25, 0.3) is 0 Å². The van der Waals surface area contributed by atoms with Gasteiger partial charge >= 0.3 is 17.9 Å². The van der Waals surface area contributed by atoms with E-state index in [0.29, 0.717) is 32.2 Å². The third-order valence-corrected chi connectivity index (χ3v) is 4.69. The number of nitrogens with two attached hydrogens (primary N) is 3. The van der Waals surface area contributed by atoms with E-state index in [4.69, 9.17) is 32.5 Å². The molecule has 186 valence electrons. The third kappa shape index (κ3) is 14.5. The summed E-state index contributed by atoms with van der Waals surface area (Å²) >= 11 is 0. The van der Waals surface area contributed by atoms with Crippen LogP contribution >= 0.6 is 0 Å². The Bertz CT molecular complexity index is 765. The second kappa shape index (κ2) is 16.5. The van der Waals surface area contributed by atoms with E-state index in [9.17, 15) is 14.4 Å². The Morgan fingerprint density at radius 3 is 1.91 bits per heavy atom. The number of benzene rings is 1. The van der Waals surface area contributed by atoms with Crippen LogP contribution in [0, 0.1) is 0 Å². The number of aliphatic carboxylic acids is 3. The van der Waals surface area contributed by atoms with E-state index in [1.807, 2.05) is 12.1 Å². The highest BCUT2D eigenvalue weighted by molar-refractivity contribution is 5.77. The van der Waals surface area contributed by atoms with E-state index in [0.717, 1.165) is 18.4 Å². The van der Waals surface area contributed by atoms with Crippen LogP contribution in [0.4, 0.5) is 0 Å². The van der Waals surface area contributed by atoms with Crippen molar-refractivity contribution in [1.29, 1.82) is 0 Å². The van der Waals surface area contributed by atoms with Crippen LogP contribution in [0.3, 0.4) is 0 Å². The van der Waals surface area contributed by atoms with E-state index in [1.54, 1.807) is 0 Å². The lowest BCUT2D eigenvalue weighted by Gasteiger charge is -2.17. The first kappa shape index (κ1) is 29.8. The first-order valence-corrected chi connectivity index (χ1v) is 10.8. The summed E-state index contributed by atoms with van der Waals surface area (Å²) in [6, 6.07) is 5.57. The van der Waals surface area contributed by atoms with Gasteiger partial charge in [-0.3, -0.25) is 24.7 Å². The summed E-state index contributed by atoms with van der Waals surface area (Å²) in [5.74, 6) is -3.06. The zero-order valence-corrected chi connectivity index (χ0v) is 19.2. The topological polar surface area (TPSA) is 214 Å². The molecule has 0 spiro atoms. The highest BCUT2D eigenvalue weighted by atomic mass is 16.4. The molecule has 0 bridgehead atoms. The Hall–Kier alpha value is -3.18. The molecule has 0 radical (unpaired) electrons. The average Bonchev–Trinajstić information content (AvgIpc) is 2.75. The molecule has 10 N–H and O–H groups in total. The third-order valence-electron chi connectivity index (χ3n) is 4.69. The van der Waals surface area contributed by atoms with Crippen molar-refractivity contribution in [3.05, 3.63) is 35.4 Å². The van der Waals surface area contributed by atoms with Gasteiger partial charge in [-0.15, -0.1) is 0 Å². The molecule has 0 heterocycles. The van der Waals surface area contributed by atoms with Crippen molar-refractivity contribution < 1.29 is 29.7 Å². The summed E-state index contributed by atoms with van der Waals surface area (Å²) in [4.78, 5) is 35.8. The van der Waals surface area contributed by atoms with Crippen LogP contribution in [0.2, 0.25) is 0 Å². The minimum Gasteiger partial charge on any atom is -0.480 e. The second-order valence-electron chi connectivity index (χ2n) is 7.62. The Morgan fingerprint density at radius 1 is 0.939 bits per heavy atom. The summed E-state index contributed by atoms with van der Waals surface area (Å²) < 4.78 is 0. The number of guanidine groups is 1. The van der Waals surface area contributed by atoms with Crippen molar-refractivity contribution in [1.82, 2.24) is 5.32 Å².